The third-order valence-corrected chi connectivity index (χ3v) is 2.47. The third-order valence-electron chi connectivity index (χ3n) is 2.17. The Morgan fingerprint density at radius 2 is 2.25 bits per heavy atom. The highest BCUT2D eigenvalue weighted by atomic mass is 35.5. The molecule has 86 valence electrons. The fraction of sp³-hybridized carbons (Fsp3) is 0.300. The van der Waals surface area contributed by atoms with Crippen LogP contribution in [0.4, 0.5) is 5.69 Å². The van der Waals surface area contributed by atoms with Crippen molar-refractivity contribution in [2.75, 3.05) is 0 Å². The molecule has 5 nitrogen and oxygen atoms in total. The summed E-state index contributed by atoms with van der Waals surface area (Å²) in [6.07, 6.45) is 0.299. The van der Waals surface area contributed by atoms with E-state index in [1.165, 1.54) is 18.2 Å². The molecule has 0 fully saturated rings. The number of carbonyl (C=O) groups is 1. The van der Waals surface area contributed by atoms with Crippen molar-refractivity contribution in [3.63, 3.8) is 0 Å². The smallest absolute Gasteiger partial charge is 0.306 e. The molecule has 0 aliphatic carbocycles. The SMILES string of the molecule is CC(Cc1ccc([N+](=O)[O-])c(Cl)c1)C(=O)O. The molecule has 1 N–H and O–H groups in total. The molecule has 0 bridgehead atoms. The molecule has 0 saturated carbocycles. The Hall–Kier alpha value is -1.62. The molecule has 1 unspecified atom stereocenters. The minimum Gasteiger partial charge on any atom is -0.481 e. The second kappa shape index (κ2) is 4.94. The van der Waals surface area contributed by atoms with E-state index in [-0.39, 0.29) is 10.7 Å². The zero-order valence-electron chi connectivity index (χ0n) is 8.51. The molecule has 0 saturated heterocycles. The summed E-state index contributed by atoms with van der Waals surface area (Å²) in [5, 5.41) is 19.2. The lowest BCUT2D eigenvalue weighted by molar-refractivity contribution is -0.384. The van der Waals surface area contributed by atoms with Crippen molar-refractivity contribution in [3.05, 3.63) is 38.9 Å². The second-order valence-corrected chi connectivity index (χ2v) is 3.89. The first kappa shape index (κ1) is 12.4. The molecule has 1 aromatic rings. The average Bonchev–Trinajstić information content (AvgIpc) is 2.16. The first-order chi connectivity index (χ1) is 7.41. The van der Waals surface area contributed by atoms with Crippen molar-refractivity contribution in [3.8, 4) is 0 Å². The topological polar surface area (TPSA) is 80.4 Å². The van der Waals surface area contributed by atoms with Crippen LogP contribution in [0.3, 0.4) is 0 Å². The van der Waals surface area contributed by atoms with Crippen LogP contribution in [0.15, 0.2) is 18.2 Å². The summed E-state index contributed by atoms with van der Waals surface area (Å²) in [6.45, 7) is 1.57. The maximum Gasteiger partial charge on any atom is 0.306 e. The molecule has 0 radical (unpaired) electrons. The Kier molecular flexibility index (Phi) is 3.84. The summed E-state index contributed by atoms with van der Waals surface area (Å²) in [6, 6.07) is 4.23. The van der Waals surface area contributed by atoms with Gasteiger partial charge in [-0.2, -0.15) is 0 Å². The minimum atomic E-state index is -0.908. The van der Waals surface area contributed by atoms with E-state index in [0.717, 1.165) is 0 Å². The van der Waals surface area contributed by atoms with E-state index in [0.29, 0.717) is 12.0 Å². The van der Waals surface area contributed by atoms with Crippen LogP contribution in [0.5, 0.6) is 0 Å². The lowest BCUT2D eigenvalue weighted by atomic mass is 10.0. The molecule has 0 spiro atoms. The maximum absolute atomic E-state index is 10.6. The molecule has 0 amide bonds. The normalized spacial score (nSPS) is 12.1. The Labute approximate surface area is 96.8 Å². The zero-order valence-corrected chi connectivity index (χ0v) is 9.27. The fourth-order valence-corrected chi connectivity index (χ4v) is 1.54. The summed E-state index contributed by atoms with van der Waals surface area (Å²) >= 11 is 5.70. The number of carboxylic acids is 1. The first-order valence-electron chi connectivity index (χ1n) is 4.57. The van der Waals surface area contributed by atoms with Gasteiger partial charge in [0, 0.05) is 6.07 Å². The van der Waals surface area contributed by atoms with Crippen LogP contribution in [0.2, 0.25) is 5.02 Å². The number of halogens is 1. The highest BCUT2D eigenvalue weighted by Gasteiger charge is 2.15. The largest absolute Gasteiger partial charge is 0.481 e. The first-order valence-corrected chi connectivity index (χ1v) is 4.95. The molecule has 1 aromatic carbocycles. The molecule has 1 atom stereocenters. The van der Waals surface area contributed by atoms with Crippen molar-refractivity contribution in [1.29, 1.82) is 0 Å². The number of nitro benzene ring substituents is 1. The van der Waals surface area contributed by atoms with E-state index in [4.69, 9.17) is 16.7 Å². The van der Waals surface area contributed by atoms with E-state index in [1.54, 1.807) is 6.92 Å². The van der Waals surface area contributed by atoms with Gasteiger partial charge in [0.1, 0.15) is 5.02 Å². The van der Waals surface area contributed by atoms with Gasteiger partial charge in [0.2, 0.25) is 0 Å². The van der Waals surface area contributed by atoms with Gasteiger partial charge >= 0.3 is 5.97 Å². The summed E-state index contributed by atoms with van der Waals surface area (Å²) in [5.41, 5.74) is 0.499. The molecule has 0 aliphatic rings. The quantitative estimate of drug-likeness (QED) is 0.651. The van der Waals surface area contributed by atoms with Gasteiger partial charge in [-0.05, 0) is 18.1 Å². The lowest BCUT2D eigenvalue weighted by Crippen LogP contribution is -2.12. The van der Waals surface area contributed by atoms with E-state index >= 15 is 0 Å². The summed E-state index contributed by atoms with van der Waals surface area (Å²) in [7, 11) is 0. The second-order valence-electron chi connectivity index (χ2n) is 3.49. The Balaban J connectivity index is 2.89. The highest BCUT2D eigenvalue weighted by Crippen LogP contribution is 2.25. The minimum absolute atomic E-state index is 0.0279. The van der Waals surface area contributed by atoms with Gasteiger partial charge in [0.05, 0.1) is 10.8 Å². The van der Waals surface area contributed by atoms with Crippen LogP contribution in [0, 0.1) is 16.0 Å². The van der Waals surface area contributed by atoms with Crippen molar-refractivity contribution in [2.24, 2.45) is 5.92 Å². The molecular weight excluding hydrogens is 234 g/mol. The maximum atomic E-state index is 10.6. The van der Waals surface area contributed by atoms with Gasteiger partial charge in [-0.3, -0.25) is 14.9 Å². The monoisotopic (exact) mass is 243 g/mol. The van der Waals surface area contributed by atoms with Crippen LogP contribution in [-0.2, 0) is 11.2 Å². The van der Waals surface area contributed by atoms with E-state index < -0.39 is 16.8 Å². The van der Waals surface area contributed by atoms with Crippen LogP contribution in [-0.4, -0.2) is 16.0 Å². The van der Waals surface area contributed by atoms with E-state index in [9.17, 15) is 14.9 Å². The Morgan fingerprint density at radius 3 is 2.69 bits per heavy atom. The average molecular weight is 244 g/mol. The van der Waals surface area contributed by atoms with Crippen molar-refractivity contribution >= 4 is 23.3 Å². The number of nitro groups is 1. The Morgan fingerprint density at radius 1 is 1.62 bits per heavy atom. The predicted molar refractivity (Wildman–Crippen MR) is 58.6 cm³/mol. The third kappa shape index (κ3) is 2.93. The van der Waals surface area contributed by atoms with Gasteiger partial charge in [0.15, 0.2) is 0 Å². The van der Waals surface area contributed by atoms with Crippen LogP contribution >= 0.6 is 11.6 Å². The van der Waals surface area contributed by atoms with Gasteiger partial charge in [0.25, 0.3) is 5.69 Å². The molecule has 6 heteroatoms. The summed E-state index contributed by atoms with van der Waals surface area (Å²) in [4.78, 5) is 20.5. The van der Waals surface area contributed by atoms with Gasteiger partial charge in [-0.15, -0.1) is 0 Å². The number of aliphatic carboxylic acids is 1. The van der Waals surface area contributed by atoms with Crippen LogP contribution < -0.4 is 0 Å². The number of nitrogens with zero attached hydrogens (tertiary/aromatic N) is 1. The van der Waals surface area contributed by atoms with E-state index in [1.807, 2.05) is 0 Å². The molecule has 16 heavy (non-hydrogen) atoms. The van der Waals surface area contributed by atoms with Gasteiger partial charge in [-0.25, -0.2) is 0 Å². The standard InChI is InChI=1S/C10H10ClNO4/c1-6(10(13)14)4-7-2-3-9(12(15)16)8(11)5-7/h2-3,5-6H,4H2,1H3,(H,13,14). The number of hydrogen-bond acceptors (Lipinski definition) is 3. The molecular formula is C10H10ClNO4. The summed E-state index contributed by atoms with van der Waals surface area (Å²) < 4.78 is 0. The van der Waals surface area contributed by atoms with Gasteiger partial charge in [-0.1, -0.05) is 24.6 Å². The van der Waals surface area contributed by atoms with Crippen molar-refractivity contribution in [2.45, 2.75) is 13.3 Å². The predicted octanol–water partition coefficient (Wildman–Crippen LogP) is 2.51. The molecule has 0 heterocycles. The van der Waals surface area contributed by atoms with Crippen LogP contribution in [0.1, 0.15) is 12.5 Å². The number of hydrogen-bond donors (Lipinski definition) is 1. The van der Waals surface area contributed by atoms with Crippen molar-refractivity contribution in [1.82, 2.24) is 0 Å². The molecule has 1 rings (SSSR count). The van der Waals surface area contributed by atoms with Crippen molar-refractivity contribution < 1.29 is 14.8 Å². The zero-order chi connectivity index (χ0) is 12.3. The highest BCUT2D eigenvalue weighted by molar-refractivity contribution is 6.32. The number of carboxylic acid groups (broad SMARTS) is 1. The molecule has 0 aromatic heterocycles. The number of benzene rings is 1. The lowest BCUT2D eigenvalue weighted by Gasteiger charge is -2.06. The number of rotatable bonds is 4. The van der Waals surface area contributed by atoms with E-state index in [2.05, 4.69) is 0 Å². The Bertz CT molecular complexity index is 433. The molecule has 0 aliphatic heterocycles. The van der Waals surface area contributed by atoms with Gasteiger partial charge < -0.3 is 5.11 Å². The van der Waals surface area contributed by atoms with Crippen LogP contribution in [0.25, 0.3) is 0 Å². The summed E-state index contributed by atoms with van der Waals surface area (Å²) in [5.74, 6) is -1.45. The fourth-order valence-electron chi connectivity index (χ4n) is 1.27.